The van der Waals surface area contributed by atoms with Gasteiger partial charge in [-0.05, 0) is 24.4 Å². The number of rotatable bonds is 4. The Hall–Kier alpha value is -2.80. The van der Waals surface area contributed by atoms with Crippen molar-refractivity contribution >= 4 is 29.1 Å². The zero-order chi connectivity index (χ0) is 15.4. The van der Waals surface area contributed by atoms with Crippen LogP contribution in [0.25, 0.3) is 11.9 Å². The van der Waals surface area contributed by atoms with Crippen LogP contribution in [0.2, 0.25) is 0 Å². The molecule has 3 rings (SSSR count). The number of hydrogen-bond acceptors (Lipinski definition) is 5. The van der Waals surface area contributed by atoms with E-state index < -0.39 is 0 Å². The van der Waals surface area contributed by atoms with Gasteiger partial charge < -0.3 is 5.32 Å². The molecule has 0 atom stereocenters. The van der Waals surface area contributed by atoms with Crippen molar-refractivity contribution in [3.8, 4) is 5.82 Å². The Bertz CT molecular complexity index is 807. The minimum atomic E-state index is -0.236. The summed E-state index contributed by atoms with van der Waals surface area (Å²) in [5.74, 6) is 1.68. The Morgan fingerprint density at radius 2 is 2.27 bits per heavy atom. The Morgan fingerprint density at radius 1 is 1.36 bits per heavy atom. The van der Waals surface area contributed by atoms with Gasteiger partial charge >= 0.3 is 0 Å². The molecule has 0 aliphatic heterocycles. The summed E-state index contributed by atoms with van der Waals surface area (Å²) >= 11 is 1.57. The van der Waals surface area contributed by atoms with E-state index in [1.165, 1.54) is 12.4 Å². The zero-order valence-electron chi connectivity index (χ0n) is 11.8. The molecule has 1 amide bonds. The van der Waals surface area contributed by atoms with Crippen molar-refractivity contribution < 1.29 is 4.79 Å². The van der Waals surface area contributed by atoms with E-state index in [9.17, 15) is 4.79 Å². The van der Waals surface area contributed by atoms with Gasteiger partial charge in [0.1, 0.15) is 23.8 Å². The average molecular weight is 311 g/mol. The van der Waals surface area contributed by atoms with Gasteiger partial charge in [0.05, 0.1) is 0 Å². The fourth-order valence-corrected chi connectivity index (χ4v) is 2.50. The first-order valence-electron chi connectivity index (χ1n) is 6.57. The molecule has 0 saturated carbocycles. The lowest BCUT2D eigenvalue weighted by Crippen LogP contribution is -2.10. The lowest BCUT2D eigenvalue weighted by atomic mass is 10.4. The molecule has 0 radical (unpaired) electrons. The molecule has 0 aliphatic rings. The Kier molecular flexibility index (Phi) is 4.06. The normalized spacial score (nSPS) is 11.0. The number of anilines is 1. The third-order valence-electron chi connectivity index (χ3n) is 2.92. The zero-order valence-corrected chi connectivity index (χ0v) is 12.6. The number of carbonyl (C=O) groups excluding carboxylic acids is 1. The van der Waals surface area contributed by atoms with Crippen LogP contribution in [0.5, 0.6) is 0 Å². The van der Waals surface area contributed by atoms with Crippen molar-refractivity contribution in [2.45, 2.75) is 6.92 Å². The summed E-state index contributed by atoms with van der Waals surface area (Å²) in [5.41, 5.74) is 0. The van der Waals surface area contributed by atoms with Crippen LogP contribution in [0.15, 0.2) is 48.4 Å². The number of nitrogens with one attached hydrogen (secondary N) is 1. The molecule has 3 aromatic heterocycles. The maximum absolute atomic E-state index is 11.9. The molecule has 3 aromatic rings. The predicted octanol–water partition coefficient (Wildman–Crippen LogP) is 2.68. The van der Waals surface area contributed by atoms with Crippen molar-refractivity contribution in [2.75, 3.05) is 5.32 Å². The molecular weight excluding hydrogens is 298 g/mol. The van der Waals surface area contributed by atoms with Crippen LogP contribution in [0.4, 0.5) is 5.82 Å². The maximum atomic E-state index is 11.9. The van der Waals surface area contributed by atoms with Crippen LogP contribution >= 0.6 is 11.3 Å². The van der Waals surface area contributed by atoms with Gasteiger partial charge in [0.2, 0.25) is 5.91 Å². The summed E-state index contributed by atoms with van der Waals surface area (Å²) in [5, 5.41) is 4.68. The van der Waals surface area contributed by atoms with E-state index in [4.69, 9.17) is 0 Å². The van der Waals surface area contributed by atoms with Crippen LogP contribution in [-0.4, -0.2) is 25.4 Å². The second kappa shape index (κ2) is 6.31. The lowest BCUT2D eigenvalue weighted by Gasteiger charge is -2.06. The van der Waals surface area contributed by atoms with E-state index in [1.807, 2.05) is 29.0 Å². The summed E-state index contributed by atoms with van der Waals surface area (Å²) < 4.78 is 1.82. The van der Waals surface area contributed by atoms with Crippen LogP contribution < -0.4 is 5.32 Å². The SMILES string of the molecule is Cc1nccn1-c1cc(NC(=O)/C=C/c2cccs2)ncn1. The van der Waals surface area contributed by atoms with Crippen LogP contribution in [-0.2, 0) is 4.79 Å². The second-order valence-electron chi connectivity index (χ2n) is 4.44. The van der Waals surface area contributed by atoms with Gasteiger partial charge in [0.15, 0.2) is 0 Å². The number of thiophene rings is 1. The second-order valence-corrected chi connectivity index (χ2v) is 5.42. The lowest BCUT2D eigenvalue weighted by molar-refractivity contribution is -0.111. The number of amides is 1. The Labute approximate surface area is 131 Å². The Morgan fingerprint density at radius 3 is 3.00 bits per heavy atom. The minimum absolute atomic E-state index is 0.236. The molecule has 0 unspecified atom stereocenters. The number of hydrogen-bond donors (Lipinski definition) is 1. The molecule has 0 spiro atoms. The van der Waals surface area contributed by atoms with Crippen LogP contribution in [0.1, 0.15) is 10.7 Å². The summed E-state index contributed by atoms with van der Waals surface area (Å²) in [6.07, 6.45) is 8.16. The largest absolute Gasteiger partial charge is 0.307 e. The summed E-state index contributed by atoms with van der Waals surface area (Å²) in [4.78, 5) is 25.3. The van der Waals surface area contributed by atoms with E-state index in [1.54, 1.807) is 35.9 Å². The predicted molar refractivity (Wildman–Crippen MR) is 85.9 cm³/mol. The van der Waals surface area contributed by atoms with E-state index in [0.717, 1.165) is 10.7 Å². The minimum Gasteiger partial charge on any atom is -0.307 e. The number of aryl methyl sites for hydroxylation is 1. The fraction of sp³-hybridized carbons (Fsp3) is 0.0667. The van der Waals surface area contributed by atoms with Gasteiger partial charge in [0, 0.05) is 29.4 Å². The molecule has 7 heteroatoms. The smallest absolute Gasteiger partial charge is 0.249 e. The highest BCUT2D eigenvalue weighted by Crippen LogP contribution is 2.12. The number of aromatic nitrogens is 4. The third-order valence-corrected chi connectivity index (χ3v) is 3.76. The van der Waals surface area contributed by atoms with Crippen LogP contribution in [0.3, 0.4) is 0 Å². The summed E-state index contributed by atoms with van der Waals surface area (Å²) in [6.45, 7) is 1.88. The van der Waals surface area contributed by atoms with E-state index in [0.29, 0.717) is 11.6 Å². The average Bonchev–Trinajstić information content (AvgIpc) is 3.16. The molecule has 3 heterocycles. The van der Waals surface area contributed by atoms with E-state index in [2.05, 4.69) is 20.3 Å². The molecule has 22 heavy (non-hydrogen) atoms. The maximum Gasteiger partial charge on any atom is 0.249 e. The molecule has 0 bridgehead atoms. The van der Waals surface area contributed by atoms with Gasteiger partial charge in [-0.1, -0.05) is 6.07 Å². The highest BCUT2D eigenvalue weighted by Gasteiger charge is 2.05. The van der Waals surface area contributed by atoms with Crippen LogP contribution in [0, 0.1) is 6.92 Å². The van der Waals surface area contributed by atoms with E-state index >= 15 is 0 Å². The van der Waals surface area contributed by atoms with E-state index in [-0.39, 0.29) is 5.91 Å². The molecular formula is C15H13N5OS. The van der Waals surface area contributed by atoms with Crippen molar-refractivity contribution in [1.29, 1.82) is 0 Å². The van der Waals surface area contributed by atoms with Crippen molar-refractivity contribution in [1.82, 2.24) is 19.5 Å². The first kappa shape index (κ1) is 14.2. The fourth-order valence-electron chi connectivity index (χ4n) is 1.88. The third kappa shape index (κ3) is 3.26. The summed E-state index contributed by atoms with van der Waals surface area (Å²) in [7, 11) is 0. The quantitative estimate of drug-likeness (QED) is 0.752. The molecule has 1 N–H and O–H groups in total. The van der Waals surface area contributed by atoms with Gasteiger partial charge in [0.25, 0.3) is 0 Å². The number of carbonyl (C=O) groups is 1. The molecule has 0 aliphatic carbocycles. The summed E-state index contributed by atoms with van der Waals surface area (Å²) in [6, 6.07) is 5.58. The highest BCUT2D eigenvalue weighted by molar-refractivity contribution is 7.10. The Balaban J connectivity index is 1.73. The first-order valence-corrected chi connectivity index (χ1v) is 7.45. The monoisotopic (exact) mass is 311 g/mol. The molecule has 0 aromatic carbocycles. The number of imidazole rings is 1. The van der Waals surface area contributed by atoms with Gasteiger partial charge in [-0.3, -0.25) is 9.36 Å². The number of nitrogens with zero attached hydrogens (tertiary/aromatic N) is 4. The topological polar surface area (TPSA) is 72.7 Å². The van der Waals surface area contributed by atoms with Crippen molar-refractivity contribution in [3.63, 3.8) is 0 Å². The van der Waals surface area contributed by atoms with Gasteiger partial charge in [-0.2, -0.15) is 0 Å². The van der Waals surface area contributed by atoms with Gasteiger partial charge in [-0.15, -0.1) is 11.3 Å². The van der Waals surface area contributed by atoms with Gasteiger partial charge in [-0.25, -0.2) is 15.0 Å². The first-order chi connectivity index (χ1) is 10.7. The molecule has 6 nitrogen and oxygen atoms in total. The standard InChI is InChI=1S/C15H13N5OS/c1-11-16-6-7-20(11)14-9-13(17-10-18-14)19-15(21)5-4-12-3-2-8-22-12/h2-10H,1H3,(H,17,18,19,21)/b5-4+. The molecule has 0 fully saturated rings. The van der Waals surface area contributed by atoms with Crippen molar-refractivity contribution in [3.05, 3.63) is 59.1 Å². The molecule has 110 valence electrons. The molecule has 0 saturated heterocycles. The van der Waals surface area contributed by atoms with Crippen molar-refractivity contribution in [2.24, 2.45) is 0 Å². The highest BCUT2D eigenvalue weighted by atomic mass is 32.1.